The first-order chi connectivity index (χ1) is 38.9. The van der Waals surface area contributed by atoms with Gasteiger partial charge in [-0.3, -0.25) is 32.9 Å². The van der Waals surface area contributed by atoms with Crippen molar-refractivity contribution in [2.45, 2.75) is 174 Å². The number of ether oxygens (including phenoxy) is 1. The van der Waals surface area contributed by atoms with Gasteiger partial charge in [0.1, 0.15) is 36.3 Å². The van der Waals surface area contributed by atoms with Crippen LogP contribution >= 0.6 is 35.2 Å². The van der Waals surface area contributed by atoms with Gasteiger partial charge in [0.25, 0.3) is 0 Å². The van der Waals surface area contributed by atoms with E-state index in [1.165, 1.54) is 0 Å². The van der Waals surface area contributed by atoms with Crippen LogP contribution < -0.4 is 16.4 Å². The summed E-state index contributed by atoms with van der Waals surface area (Å²) in [6, 6.07) is 0. The Morgan fingerprint density at radius 3 is 2.30 bits per heavy atom. The minimum atomic E-state index is -5.93. The highest BCUT2D eigenvalue weighted by atomic mass is 32.2. The zero-order chi connectivity index (χ0) is 62.3. The van der Waals surface area contributed by atoms with Gasteiger partial charge in [0.15, 0.2) is 22.8 Å². The minimum Gasteiger partial charge on any atom is -0.393 e. The first-order valence-corrected chi connectivity index (χ1v) is 33.3. The summed E-state index contributed by atoms with van der Waals surface area (Å²) in [5, 5.41) is 82.0. The first kappa shape index (κ1) is 68.8. The van der Waals surface area contributed by atoms with Crippen LogP contribution in [0.2, 0.25) is 0 Å². The van der Waals surface area contributed by atoms with Gasteiger partial charge in [-0.1, -0.05) is 59.2 Å². The molecule has 1 saturated heterocycles. The Morgan fingerprint density at radius 1 is 0.917 bits per heavy atom. The Bertz CT molecular complexity index is 2820. The summed E-state index contributed by atoms with van der Waals surface area (Å²) in [6.07, 6.45) is -1.27. The van der Waals surface area contributed by atoms with Crippen LogP contribution in [0.5, 0.6) is 0 Å². The van der Waals surface area contributed by atoms with E-state index in [4.69, 9.17) is 10.5 Å². The highest BCUT2D eigenvalue weighted by molar-refractivity contribution is 8.13. The number of thioether (sulfide) groups is 1. The summed E-state index contributed by atoms with van der Waals surface area (Å²) in [5.74, 6) is -4.62. The van der Waals surface area contributed by atoms with Crippen molar-refractivity contribution in [2.75, 3.05) is 31.2 Å². The Labute approximate surface area is 488 Å². The van der Waals surface area contributed by atoms with Crippen LogP contribution in [0.1, 0.15) is 125 Å². The molecule has 4 aliphatic carbocycles. The number of nitrogen functional groups attached to an aromatic ring is 1. The highest BCUT2D eigenvalue weighted by Gasteiger charge is 2.68. The molecule has 2 amide bonds. The van der Waals surface area contributed by atoms with Gasteiger partial charge in [0, 0.05) is 31.2 Å². The Kier molecular flexibility index (Phi) is 21.6. The molecule has 35 heteroatoms. The van der Waals surface area contributed by atoms with Crippen LogP contribution in [-0.4, -0.2) is 166 Å². The van der Waals surface area contributed by atoms with Crippen LogP contribution in [0.4, 0.5) is 5.82 Å². The van der Waals surface area contributed by atoms with Gasteiger partial charge in [-0.15, -0.1) is 14.0 Å². The van der Waals surface area contributed by atoms with E-state index in [9.17, 15) is 83.4 Å². The smallest absolute Gasteiger partial charge is 0.393 e. The molecule has 31 nitrogen and oxygen atoms in total. The highest BCUT2D eigenvalue weighted by Crippen LogP contribution is 2.71. The fourth-order valence-electron chi connectivity index (χ4n) is 14.0. The summed E-state index contributed by atoms with van der Waals surface area (Å²) >= 11 is 1.08. The third-order valence-corrected chi connectivity index (χ3v) is 22.1. The summed E-state index contributed by atoms with van der Waals surface area (Å²) in [4.78, 5) is 93.5. The number of phosphoric acid groups is 3. The molecule has 2 aromatic rings. The zero-order valence-corrected chi connectivity index (χ0v) is 51.2. The standard InChI is InChI=1S/C49H82N7O24P3S/c1-25(28-11-12-29-35-30(19-33(59)48(28,29)7)47(6)15-13-27(57)20-46(47,5)21-31(35)58)9-8-10-26(2)44(64)84-18-17-51-34(60)14-16-52-42(63)39(62)45(3,4)49(65,66)77-78-83(72,73)80-79-82(70,71)74-22-32-38(76-81(67,68)69)37(61)43(75-32)56-24-55-36-40(50)53-23-54-41(36)56/h23-33,35,37-39,43,57-59,61-62,65-66H,8-22H2,1-7H3,(H,51,60)(H,52,63)(H,70,71)(H,72,73)(H2,50,53,54)(H2,67,68,69)/t25-,26?,27-,28?,29+,30+,31-,32-,33+,35-,37-,38?,39-,43-,46+,47-,48-/m1/s1. The number of imidazole rings is 1. The number of aliphatic hydroxyl groups is 7. The number of nitrogens with one attached hydrogen (secondary N) is 2. The monoisotopic (exact) mass is 1280 g/mol. The van der Waals surface area contributed by atoms with Gasteiger partial charge in [-0.05, 0) is 111 Å². The van der Waals surface area contributed by atoms with E-state index >= 15 is 0 Å². The van der Waals surface area contributed by atoms with Crippen LogP contribution in [0, 0.1) is 57.2 Å². The van der Waals surface area contributed by atoms with E-state index in [1.807, 2.05) is 6.92 Å². The number of phosphoric ester groups is 2. The lowest BCUT2D eigenvalue weighted by atomic mass is 9.39. The predicted octanol–water partition coefficient (Wildman–Crippen LogP) is 1.96. The molecule has 2 aromatic heterocycles. The van der Waals surface area contributed by atoms with Crippen molar-refractivity contribution >= 4 is 69.1 Å². The van der Waals surface area contributed by atoms with Gasteiger partial charge in [-0.25, -0.2) is 28.6 Å². The number of nitrogens with zero attached hydrogens (tertiary/aromatic N) is 4. The normalized spacial score (nSPS) is 34.3. The topological polar surface area (TPSA) is 483 Å². The maximum Gasteiger partial charge on any atom is 0.527 e. The maximum atomic E-state index is 13.1. The molecule has 3 heterocycles. The van der Waals surface area contributed by atoms with Crippen molar-refractivity contribution in [1.29, 1.82) is 0 Å². The van der Waals surface area contributed by atoms with E-state index in [2.05, 4.69) is 81.2 Å². The van der Waals surface area contributed by atoms with E-state index in [-0.39, 0.29) is 99.3 Å². The van der Waals surface area contributed by atoms with E-state index in [0.717, 1.165) is 81.4 Å². The summed E-state index contributed by atoms with van der Waals surface area (Å²) < 4.78 is 64.7. The molecule has 0 radical (unpaired) electrons. The lowest BCUT2D eigenvalue weighted by Crippen LogP contribution is -2.65. The van der Waals surface area contributed by atoms with Crippen LogP contribution in [0.3, 0.4) is 0 Å². The number of nitrogens with two attached hydrogens (primary N) is 1. The minimum absolute atomic E-state index is 0.0144. The van der Waals surface area contributed by atoms with Crippen molar-refractivity contribution in [3.8, 4) is 0 Å². The number of hydrogen-bond acceptors (Lipinski definition) is 25. The zero-order valence-electron chi connectivity index (χ0n) is 47.7. The first-order valence-electron chi connectivity index (χ1n) is 27.8. The molecule has 7 rings (SSSR count). The second kappa shape index (κ2) is 26.4. The molecule has 1 aliphatic heterocycles. The predicted molar refractivity (Wildman–Crippen MR) is 292 cm³/mol. The molecular formula is C49H82N7O24P3S. The van der Waals surface area contributed by atoms with Crippen molar-refractivity contribution in [1.82, 2.24) is 30.2 Å². The quantitative estimate of drug-likeness (QED) is 0.0200. The Hall–Kier alpha value is -2.72. The number of carbonyl (C=O) groups is 3. The lowest BCUT2D eigenvalue weighted by Gasteiger charge is -2.67. The fourth-order valence-corrected chi connectivity index (χ4v) is 16.7. The maximum absolute atomic E-state index is 13.1. The number of aromatic nitrogens is 4. The third-order valence-electron chi connectivity index (χ3n) is 19.1. The molecule has 4 saturated carbocycles. The molecule has 5 aliphatic rings. The number of carbonyl (C=O) groups excluding carboxylic acids is 3. The number of amides is 2. The Morgan fingerprint density at radius 2 is 1.61 bits per heavy atom. The molecule has 0 spiro atoms. The van der Waals surface area contributed by atoms with Crippen LogP contribution in [-0.2, 0) is 60.8 Å². The van der Waals surface area contributed by atoms with Gasteiger partial charge in [0.2, 0.25) is 11.8 Å². The number of hydrogen-bond donors (Lipinski definition) is 14. The molecule has 5 unspecified atom stereocenters. The van der Waals surface area contributed by atoms with E-state index < -0.39 is 96.1 Å². The van der Waals surface area contributed by atoms with Crippen molar-refractivity contribution in [2.24, 2.45) is 57.2 Å². The number of fused-ring (bicyclic) bond motifs is 6. The number of anilines is 1. The number of rotatable bonds is 27. The molecule has 478 valence electrons. The van der Waals surface area contributed by atoms with Gasteiger partial charge >= 0.3 is 29.4 Å². The molecular weight excluding hydrogens is 1200 g/mol. The summed E-state index contributed by atoms with van der Waals surface area (Å²) in [6.45, 7) is 11.1. The molecule has 15 N–H and O–H groups in total. The van der Waals surface area contributed by atoms with Gasteiger partial charge in [0.05, 0.1) is 36.7 Å². The fraction of sp³-hybridized carbons (Fsp3) is 0.837. The SMILES string of the molecule is CC(CCC[C@@H](C)C1CC[C@H]2[C@H]3[C@H](O)C[C@]4(C)C[C@H](O)CC[C@]4(C)[C@H]3C[C@H](O)[C@]12C)C(=O)SCCNC(=O)CCNC(=O)[C@@H](O)C(C)(C)C(O)(O)OOP(=O)(O)OOP(=O)(O)OC[C@H]1O[C@@H](n2cnc3c(N)ncnc32)[C@H](O)C1OP(=O)(O)O. The second-order valence-corrected chi connectivity index (χ2v) is 29.4. The van der Waals surface area contributed by atoms with Crippen molar-refractivity contribution in [3.63, 3.8) is 0 Å². The average Bonchev–Trinajstić information content (AvgIpc) is 1.20. The largest absolute Gasteiger partial charge is 0.527 e. The van der Waals surface area contributed by atoms with E-state index in [0.29, 0.717) is 31.6 Å². The molecule has 5 fully saturated rings. The van der Waals surface area contributed by atoms with Crippen molar-refractivity contribution in [3.05, 3.63) is 12.7 Å². The summed E-state index contributed by atoms with van der Waals surface area (Å²) in [5.41, 5.74) is 2.71. The van der Waals surface area contributed by atoms with Gasteiger partial charge in [-0.2, -0.15) is 4.89 Å². The third kappa shape index (κ3) is 14.8. The summed E-state index contributed by atoms with van der Waals surface area (Å²) in [7, 11) is -17.0. The molecule has 0 aromatic carbocycles. The molecule has 84 heavy (non-hydrogen) atoms. The molecule has 0 bridgehead atoms. The van der Waals surface area contributed by atoms with Crippen LogP contribution in [0.15, 0.2) is 12.7 Å². The number of aliphatic hydroxyl groups excluding tert-OH is 5. The Balaban J connectivity index is 0.774. The van der Waals surface area contributed by atoms with E-state index in [1.54, 1.807) is 0 Å². The average molecular weight is 1280 g/mol. The lowest BCUT2D eigenvalue weighted by molar-refractivity contribution is -0.496. The second-order valence-electron chi connectivity index (χ2n) is 24.6. The molecule has 19 atom stereocenters. The van der Waals surface area contributed by atoms with Crippen LogP contribution in [0.25, 0.3) is 11.2 Å². The van der Waals surface area contributed by atoms with Gasteiger partial charge < -0.3 is 71.5 Å². The van der Waals surface area contributed by atoms with Crippen molar-refractivity contribution < 1.29 is 116 Å².